The Kier molecular flexibility index (Phi) is 3.04. The lowest BCUT2D eigenvalue weighted by Gasteiger charge is -2.37. The number of carbonyl (C=O) groups excluding carboxylic acids is 2. The Labute approximate surface area is 115 Å². The van der Waals surface area contributed by atoms with Crippen LogP contribution in [0.15, 0.2) is 17.2 Å². The van der Waals surface area contributed by atoms with Gasteiger partial charge >= 0.3 is 0 Å². The van der Waals surface area contributed by atoms with E-state index in [1.54, 1.807) is 4.90 Å². The van der Waals surface area contributed by atoms with E-state index in [0.717, 1.165) is 19.0 Å². The first-order valence-corrected chi connectivity index (χ1v) is 6.69. The zero-order chi connectivity index (χ0) is 14.2. The van der Waals surface area contributed by atoms with Crippen LogP contribution in [0.4, 0.5) is 0 Å². The second kappa shape index (κ2) is 4.73. The Bertz CT molecular complexity index is 581. The molecule has 0 saturated carbocycles. The molecule has 0 aliphatic carbocycles. The maximum Gasteiger partial charge on any atom is 0.273 e. The van der Waals surface area contributed by atoms with Crippen molar-refractivity contribution in [2.45, 2.75) is 19.3 Å². The molecule has 1 aromatic rings. The molecule has 7 heteroatoms. The molecule has 3 rings (SSSR count). The number of H-pyrrole nitrogens is 1. The maximum atomic E-state index is 12.2. The van der Waals surface area contributed by atoms with Crippen molar-refractivity contribution in [1.82, 2.24) is 20.2 Å². The van der Waals surface area contributed by atoms with Crippen LogP contribution in [0.3, 0.4) is 0 Å². The minimum atomic E-state index is -0.324. The van der Waals surface area contributed by atoms with Crippen molar-refractivity contribution in [2.75, 3.05) is 19.6 Å². The Morgan fingerprint density at radius 1 is 1.30 bits per heavy atom. The van der Waals surface area contributed by atoms with Gasteiger partial charge in [-0.3, -0.25) is 14.4 Å². The molecule has 2 aliphatic rings. The van der Waals surface area contributed by atoms with Crippen molar-refractivity contribution >= 4 is 11.8 Å². The summed E-state index contributed by atoms with van der Waals surface area (Å²) in [6.07, 6.45) is 4.65. The average molecular weight is 276 g/mol. The highest BCUT2D eigenvalue weighted by Gasteiger charge is 2.41. The van der Waals surface area contributed by atoms with E-state index in [0.29, 0.717) is 26.1 Å². The molecule has 0 unspecified atom stereocenters. The monoisotopic (exact) mass is 276 g/mol. The van der Waals surface area contributed by atoms with E-state index in [9.17, 15) is 14.4 Å². The maximum absolute atomic E-state index is 12.2. The lowest BCUT2D eigenvalue weighted by molar-refractivity contribution is -0.119. The second-order valence-corrected chi connectivity index (χ2v) is 5.54. The van der Waals surface area contributed by atoms with Crippen LogP contribution in [0.2, 0.25) is 0 Å². The van der Waals surface area contributed by atoms with Crippen molar-refractivity contribution in [2.24, 2.45) is 5.41 Å². The third-order valence-electron chi connectivity index (χ3n) is 4.20. The van der Waals surface area contributed by atoms with Gasteiger partial charge in [-0.05, 0) is 18.3 Å². The molecule has 2 aliphatic heterocycles. The van der Waals surface area contributed by atoms with Crippen LogP contribution in [0.5, 0.6) is 0 Å². The van der Waals surface area contributed by atoms with Crippen LogP contribution in [0.1, 0.15) is 29.8 Å². The number of likely N-dealkylation sites (tertiary alicyclic amines) is 1. The largest absolute Gasteiger partial charge is 0.356 e. The van der Waals surface area contributed by atoms with Crippen LogP contribution in [0.25, 0.3) is 0 Å². The standard InChI is InChI=1S/C13H16N4O3/c18-10-5-13(8-16-10)1-3-17(4-2-13)12(20)9-6-15-11(19)7-14-9/h6-7H,1-5,8H2,(H,15,19)(H,16,18). The highest BCUT2D eigenvalue weighted by atomic mass is 16.2. The van der Waals surface area contributed by atoms with Crippen LogP contribution in [-0.2, 0) is 4.79 Å². The van der Waals surface area contributed by atoms with E-state index < -0.39 is 0 Å². The number of hydrogen-bond acceptors (Lipinski definition) is 4. The first-order valence-electron chi connectivity index (χ1n) is 6.69. The molecule has 2 saturated heterocycles. The number of rotatable bonds is 1. The predicted octanol–water partition coefficient (Wildman–Crippen LogP) is -0.488. The molecule has 2 fully saturated rings. The van der Waals surface area contributed by atoms with Crippen LogP contribution in [-0.4, -0.2) is 46.3 Å². The Morgan fingerprint density at radius 2 is 2.05 bits per heavy atom. The van der Waals surface area contributed by atoms with Gasteiger partial charge in [0, 0.05) is 32.3 Å². The Morgan fingerprint density at radius 3 is 2.60 bits per heavy atom. The molecule has 2 amide bonds. The van der Waals surface area contributed by atoms with Crippen molar-refractivity contribution in [3.8, 4) is 0 Å². The molecular weight excluding hydrogens is 260 g/mol. The fourth-order valence-corrected chi connectivity index (χ4v) is 2.91. The van der Waals surface area contributed by atoms with E-state index in [2.05, 4.69) is 15.3 Å². The number of aromatic nitrogens is 2. The Balaban J connectivity index is 1.66. The molecule has 0 atom stereocenters. The third kappa shape index (κ3) is 2.31. The van der Waals surface area contributed by atoms with Crippen LogP contribution in [0, 0.1) is 5.41 Å². The number of carbonyl (C=O) groups is 2. The lowest BCUT2D eigenvalue weighted by atomic mass is 9.77. The van der Waals surface area contributed by atoms with Gasteiger partial charge in [0.05, 0.1) is 6.20 Å². The topological polar surface area (TPSA) is 95.2 Å². The quantitative estimate of drug-likeness (QED) is 0.723. The van der Waals surface area contributed by atoms with Gasteiger partial charge in [0.1, 0.15) is 5.69 Å². The van der Waals surface area contributed by atoms with Crippen molar-refractivity contribution < 1.29 is 9.59 Å². The fraction of sp³-hybridized carbons (Fsp3) is 0.538. The van der Waals surface area contributed by atoms with E-state index in [-0.39, 0.29) is 28.5 Å². The highest BCUT2D eigenvalue weighted by molar-refractivity contribution is 5.92. The molecule has 106 valence electrons. The highest BCUT2D eigenvalue weighted by Crippen LogP contribution is 2.37. The number of piperidine rings is 1. The second-order valence-electron chi connectivity index (χ2n) is 5.54. The summed E-state index contributed by atoms with van der Waals surface area (Å²) in [4.78, 5) is 42.6. The number of amides is 2. The average Bonchev–Trinajstić information content (AvgIpc) is 2.81. The molecule has 1 spiro atoms. The van der Waals surface area contributed by atoms with Gasteiger partial charge in [0.15, 0.2) is 0 Å². The minimum absolute atomic E-state index is 0.0201. The molecule has 20 heavy (non-hydrogen) atoms. The van der Waals surface area contributed by atoms with Gasteiger partial charge in [0.2, 0.25) is 5.91 Å². The molecule has 0 bridgehead atoms. The zero-order valence-electron chi connectivity index (χ0n) is 11.0. The van der Waals surface area contributed by atoms with Gasteiger partial charge in [-0.15, -0.1) is 0 Å². The van der Waals surface area contributed by atoms with Gasteiger partial charge in [0.25, 0.3) is 11.5 Å². The normalized spacial score (nSPS) is 21.0. The summed E-state index contributed by atoms with van der Waals surface area (Å²) >= 11 is 0. The van der Waals surface area contributed by atoms with Gasteiger partial charge < -0.3 is 15.2 Å². The summed E-state index contributed by atoms with van der Waals surface area (Å²) in [5.41, 5.74) is -0.0531. The number of hydrogen-bond donors (Lipinski definition) is 2. The van der Waals surface area contributed by atoms with E-state index in [4.69, 9.17) is 0 Å². The van der Waals surface area contributed by atoms with Gasteiger partial charge in [-0.2, -0.15) is 0 Å². The van der Waals surface area contributed by atoms with Gasteiger partial charge in [-0.1, -0.05) is 0 Å². The molecular formula is C13H16N4O3. The van der Waals surface area contributed by atoms with Crippen molar-refractivity contribution in [3.05, 3.63) is 28.4 Å². The lowest BCUT2D eigenvalue weighted by Crippen LogP contribution is -2.44. The first kappa shape index (κ1) is 12.8. The van der Waals surface area contributed by atoms with Crippen molar-refractivity contribution in [3.63, 3.8) is 0 Å². The number of nitrogens with zero attached hydrogens (tertiary/aromatic N) is 2. The summed E-state index contributed by atoms with van der Waals surface area (Å²) < 4.78 is 0. The number of aromatic amines is 1. The SMILES string of the molecule is O=C1CC2(CCN(C(=O)c3c[nH]c(=O)cn3)CC2)CN1. The molecule has 2 N–H and O–H groups in total. The molecule has 0 aromatic carbocycles. The molecule has 0 radical (unpaired) electrons. The summed E-state index contributed by atoms with van der Waals surface area (Å²) in [6.45, 7) is 1.95. The van der Waals surface area contributed by atoms with Crippen LogP contribution >= 0.6 is 0 Å². The number of nitrogens with one attached hydrogen (secondary N) is 2. The fourth-order valence-electron chi connectivity index (χ4n) is 2.91. The summed E-state index contributed by atoms with van der Waals surface area (Å²) in [5, 5.41) is 2.87. The molecule has 7 nitrogen and oxygen atoms in total. The third-order valence-corrected chi connectivity index (χ3v) is 4.20. The van der Waals surface area contributed by atoms with Crippen LogP contribution < -0.4 is 10.9 Å². The summed E-state index contributed by atoms with van der Waals surface area (Å²) in [7, 11) is 0. The summed E-state index contributed by atoms with van der Waals surface area (Å²) in [5.74, 6) is -0.0690. The Hall–Kier alpha value is -2.18. The molecule has 1 aromatic heterocycles. The summed E-state index contributed by atoms with van der Waals surface area (Å²) in [6, 6.07) is 0. The predicted molar refractivity (Wildman–Crippen MR) is 70.1 cm³/mol. The van der Waals surface area contributed by atoms with E-state index >= 15 is 0 Å². The van der Waals surface area contributed by atoms with Gasteiger partial charge in [-0.25, -0.2) is 4.98 Å². The smallest absolute Gasteiger partial charge is 0.273 e. The van der Waals surface area contributed by atoms with Crippen molar-refractivity contribution in [1.29, 1.82) is 0 Å². The molecule has 3 heterocycles. The van der Waals surface area contributed by atoms with E-state index in [1.165, 1.54) is 6.20 Å². The zero-order valence-corrected chi connectivity index (χ0v) is 11.0. The van der Waals surface area contributed by atoms with E-state index in [1.807, 2.05) is 0 Å². The first-order chi connectivity index (χ1) is 9.58. The minimum Gasteiger partial charge on any atom is -0.356 e.